The molecule has 0 aliphatic carbocycles. The molecule has 0 fully saturated rings. The molecule has 0 saturated carbocycles. The van der Waals surface area contributed by atoms with E-state index in [4.69, 9.17) is 0 Å². The van der Waals surface area contributed by atoms with E-state index < -0.39 is 10.7 Å². The summed E-state index contributed by atoms with van der Waals surface area (Å²) in [5, 5.41) is 13.6. The summed E-state index contributed by atoms with van der Waals surface area (Å²) in [6, 6.07) is 5.86. The standard InChI is InChI=1S/C12H9BrFN3O2/c1-7-3-2-4-9(14)11(7)16-12-10(17(18)19)5-8(13)6-15-12/h2-6H,1H3,(H,15,16). The summed E-state index contributed by atoms with van der Waals surface area (Å²) in [5.74, 6) is -0.486. The third-order valence-electron chi connectivity index (χ3n) is 2.50. The monoisotopic (exact) mass is 325 g/mol. The normalized spacial score (nSPS) is 10.3. The summed E-state index contributed by atoms with van der Waals surface area (Å²) in [6.45, 7) is 1.70. The van der Waals surface area contributed by atoms with Gasteiger partial charge in [0, 0.05) is 16.7 Å². The summed E-state index contributed by atoms with van der Waals surface area (Å²) in [7, 11) is 0. The Balaban J connectivity index is 2.47. The molecule has 0 spiro atoms. The number of aromatic nitrogens is 1. The Morgan fingerprint density at radius 3 is 2.84 bits per heavy atom. The molecule has 0 amide bonds. The maximum absolute atomic E-state index is 13.7. The summed E-state index contributed by atoms with van der Waals surface area (Å²) in [4.78, 5) is 14.3. The number of aryl methyl sites for hydroxylation is 1. The minimum Gasteiger partial charge on any atom is -0.332 e. The molecule has 0 radical (unpaired) electrons. The van der Waals surface area contributed by atoms with Crippen molar-refractivity contribution in [1.29, 1.82) is 0 Å². The van der Waals surface area contributed by atoms with E-state index in [1.807, 2.05) is 0 Å². The maximum atomic E-state index is 13.7. The molecule has 0 unspecified atom stereocenters. The van der Waals surface area contributed by atoms with E-state index in [1.165, 1.54) is 18.3 Å². The van der Waals surface area contributed by atoms with Crippen molar-refractivity contribution in [3.63, 3.8) is 0 Å². The van der Waals surface area contributed by atoms with Gasteiger partial charge in [-0.15, -0.1) is 0 Å². The molecule has 2 aromatic rings. The number of pyridine rings is 1. The van der Waals surface area contributed by atoms with Crippen molar-refractivity contribution in [3.8, 4) is 0 Å². The lowest BCUT2D eigenvalue weighted by Gasteiger charge is -2.10. The molecule has 0 bridgehead atoms. The van der Waals surface area contributed by atoms with Crippen LogP contribution in [0.4, 0.5) is 21.6 Å². The van der Waals surface area contributed by atoms with Gasteiger partial charge in [0.25, 0.3) is 0 Å². The number of benzene rings is 1. The van der Waals surface area contributed by atoms with Crippen LogP contribution in [-0.2, 0) is 0 Å². The molecule has 98 valence electrons. The molecule has 0 aliphatic heterocycles. The number of halogens is 2. The smallest absolute Gasteiger partial charge is 0.312 e. The summed E-state index contributed by atoms with van der Waals surface area (Å²) in [5.41, 5.74) is 0.594. The summed E-state index contributed by atoms with van der Waals surface area (Å²) < 4.78 is 14.2. The van der Waals surface area contributed by atoms with Crippen LogP contribution in [0.2, 0.25) is 0 Å². The summed E-state index contributed by atoms with van der Waals surface area (Å²) in [6.07, 6.45) is 1.41. The van der Waals surface area contributed by atoms with Crippen molar-refractivity contribution in [1.82, 2.24) is 4.98 Å². The van der Waals surface area contributed by atoms with Crippen molar-refractivity contribution in [2.45, 2.75) is 6.92 Å². The Labute approximate surface area is 116 Å². The first-order valence-corrected chi connectivity index (χ1v) is 6.10. The second kappa shape index (κ2) is 5.31. The molecule has 0 atom stereocenters. The van der Waals surface area contributed by atoms with E-state index in [-0.39, 0.29) is 17.2 Å². The van der Waals surface area contributed by atoms with Gasteiger partial charge in [-0.3, -0.25) is 10.1 Å². The Hall–Kier alpha value is -2.02. The van der Waals surface area contributed by atoms with Crippen LogP contribution in [0.5, 0.6) is 0 Å². The fourth-order valence-corrected chi connectivity index (χ4v) is 1.89. The molecule has 5 nitrogen and oxygen atoms in total. The first-order valence-electron chi connectivity index (χ1n) is 5.31. The van der Waals surface area contributed by atoms with Gasteiger partial charge in [0.05, 0.1) is 10.6 Å². The zero-order valence-electron chi connectivity index (χ0n) is 9.85. The Morgan fingerprint density at radius 1 is 1.47 bits per heavy atom. The van der Waals surface area contributed by atoms with Crippen molar-refractivity contribution in [2.75, 3.05) is 5.32 Å². The van der Waals surface area contributed by atoms with E-state index >= 15 is 0 Å². The van der Waals surface area contributed by atoms with Crippen LogP contribution in [0.25, 0.3) is 0 Å². The van der Waals surface area contributed by atoms with E-state index in [0.717, 1.165) is 0 Å². The van der Waals surface area contributed by atoms with E-state index in [9.17, 15) is 14.5 Å². The predicted octanol–water partition coefficient (Wildman–Crippen LogP) is 3.94. The van der Waals surface area contributed by atoms with Crippen LogP contribution in [0.1, 0.15) is 5.56 Å². The topological polar surface area (TPSA) is 68.1 Å². The van der Waals surface area contributed by atoms with Gasteiger partial charge in [0.15, 0.2) is 0 Å². The zero-order chi connectivity index (χ0) is 14.0. The van der Waals surface area contributed by atoms with Gasteiger partial charge in [-0.2, -0.15) is 0 Å². The number of anilines is 2. The molecule has 7 heteroatoms. The SMILES string of the molecule is Cc1cccc(F)c1Nc1ncc(Br)cc1[N+](=O)[O-]. The van der Waals surface area contributed by atoms with Gasteiger partial charge in [-0.05, 0) is 34.5 Å². The lowest BCUT2D eigenvalue weighted by Crippen LogP contribution is -2.02. The molecular formula is C12H9BrFN3O2. The lowest BCUT2D eigenvalue weighted by molar-refractivity contribution is -0.384. The Bertz CT molecular complexity index is 629. The number of rotatable bonds is 3. The molecule has 1 heterocycles. The average molecular weight is 326 g/mol. The maximum Gasteiger partial charge on any atom is 0.312 e. The van der Waals surface area contributed by atoms with Crippen LogP contribution in [-0.4, -0.2) is 9.91 Å². The minimum absolute atomic E-state index is 0.00130. The number of nitro groups is 1. The number of hydrogen-bond donors (Lipinski definition) is 1. The van der Waals surface area contributed by atoms with Crippen molar-refractivity contribution in [3.05, 3.63) is 56.4 Å². The van der Waals surface area contributed by atoms with Crippen molar-refractivity contribution in [2.24, 2.45) is 0 Å². The van der Waals surface area contributed by atoms with Crippen molar-refractivity contribution < 1.29 is 9.31 Å². The second-order valence-electron chi connectivity index (χ2n) is 3.84. The van der Waals surface area contributed by atoms with E-state index in [0.29, 0.717) is 10.0 Å². The zero-order valence-corrected chi connectivity index (χ0v) is 11.4. The highest BCUT2D eigenvalue weighted by molar-refractivity contribution is 9.10. The summed E-state index contributed by atoms with van der Waals surface area (Å²) >= 11 is 3.11. The van der Waals surface area contributed by atoms with E-state index in [2.05, 4.69) is 26.2 Å². The van der Waals surface area contributed by atoms with Gasteiger partial charge >= 0.3 is 5.69 Å². The highest BCUT2D eigenvalue weighted by Gasteiger charge is 2.18. The van der Waals surface area contributed by atoms with Gasteiger partial charge in [0.2, 0.25) is 5.82 Å². The molecule has 2 rings (SSSR count). The third kappa shape index (κ3) is 2.87. The van der Waals surface area contributed by atoms with Crippen LogP contribution in [0, 0.1) is 22.9 Å². The first kappa shape index (κ1) is 13.4. The highest BCUT2D eigenvalue weighted by atomic mass is 79.9. The molecule has 0 saturated heterocycles. The number of nitrogens with zero attached hydrogens (tertiary/aromatic N) is 2. The van der Waals surface area contributed by atoms with Crippen LogP contribution >= 0.6 is 15.9 Å². The predicted molar refractivity (Wildman–Crippen MR) is 73.0 cm³/mol. The van der Waals surface area contributed by atoms with Crippen LogP contribution in [0.3, 0.4) is 0 Å². The lowest BCUT2D eigenvalue weighted by atomic mass is 10.2. The van der Waals surface area contributed by atoms with Gasteiger partial charge in [0.1, 0.15) is 5.82 Å². The van der Waals surface area contributed by atoms with E-state index in [1.54, 1.807) is 19.1 Å². The van der Waals surface area contributed by atoms with Gasteiger partial charge in [-0.1, -0.05) is 12.1 Å². The fraction of sp³-hybridized carbons (Fsp3) is 0.0833. The third-order valence-corrected chi connectivity index (χ3v) is 2.93. The van der Waals surface area contributed by atoms with Crippen LogP contribution < -0.4 is 5.32 Å². The second-order valence-corrected chi connectivity index (χ2v) is 4.75. The quantitative estimate of drug-likeness (QED) is 0.685. The van der Waals surface area contributed by atoms with Gasteiger partial charge in [-0.25, -0.2) is 9.37 Å². The first-order chi connectivity index (χ1) is 8.99. The Morgan fingerprint density at radius 2 is 2.21 bits per heavy atom. The largest absolute Gasteiger partial charge is 0.332 e. The molecule has 19 heavy (non-hydrogen) atoms. The Kier molecular flexibility index (Phi) is 3.75. The highest BCUT2D eigenvalue weighted by Crippen LogP contribution is 2.30. The molecule has 1 N–H and O–H groups in total. The fourth-order valence-electron chi connectivity index (χ4n) is 1.57. The number of para-hydroxylation sites is 1. The van der Waals surface area contributed by atoms with Crippen molar-refractivity contribution >= 4 is 33.1 Å². The number of hydrogen-bond acceptors (Lipinski definition) is 4. The minimum atomic E-state index is -0.573. The molecule has 0 aliphatic rings. The molecule has 1 aromatic carbocycles. The van der Waals surface area contributed by atoms with Gasteiger partial charge < -0.3 is 5.32 Å². The van der Waals surface area contributed by atoms with Crippen LogP contribution in [0.15, 0.2) is 34.9 Å². The average Bonchev–Trinajstić information content (AvgIpc) is 2.35. The molecular weight excluding hydrogens is 317 g/mol. The molecule has 1 aromatic heterocycles. The number of nitrogens with one attached hydrogen (secondary N) is 1.